The van der Waals surface area contributed by atoms with Gasteiger partial charge >= 0.3 is 0 Å². The summed E-state index contributed by atoms with van der Waals surface area (Å²) in [7, 11) is 1.48. The largest absolute Gasteiger partial charge is 0.355 e. The average molecular weight is 404 g/mol. The Morgan fingerprint density at radius 1 is 1.21 bits per heavy atom. The molecule has 28 heavy (non-hydrogen) atoms. The minimum absolute atomic E-state index is 0.0188. The highest BCUT2D eigenvalue weighted by atomic mass is 35.5. The normalized spacial score (nSPS) is 16.2. The molecule has 0 aromatic heterocycles. The summed E-state index contributed by atoms with van der Waals surface area (Å²) in [6.07, 6.45) is -0.0188. The van der Waals surface area contributed by atoms with Crippen molar-refractivity contribution >= 4 is 40.7 Å². The van der Waals surface area contributed by atoms with Crippen molar-refractivity contribution in [2.75, 3.05) is 23.8 Å². The van der Waals surface area contributed by atoms with E-state index in [0.717, 1.165) is 5.56 Å². The average Bonchev–Trinajstić information content (AvgIpc) is 3.04. The molecule has 3 rings (SSSR count). The summed E-state index contributed by atoms with van der Waals surface area (Å²) in [5, 5.41) is 5.43. The van der Waals surface area contributed by atoms with Crippen LogP contribution < -0.4 is 15.5 Å². The number of carbonyl (C=O) groups is 3. The van der Waals surface area contributed by atoms with E-state index < -0.39 is 11.7 Å². The topological polar surface area (TPSA) is 78.5 Å². The zero-order valence-electron chi connectivity index (χ0n) is 15.4. The Labute approximate surface area is 166 Å². The third-order valence-corrected chi connectivity index (χ3v) is 4.92. The van der Waals surface area contributed by atoms with Gasteiger partial charge in [-0.2, -0.15) is 0 Å². The van der Waals surface area contributed by atoms with Crippen molar-refractivity contribution in [1.29, 1.82) is 0 Å². The first kappa shape index (κ1) is 19.8. The first-order valence-electron chi connectivity index (χ1n) is 8.69. The maximum atomic E-state index is 14.2. The Balaban J connectivity index is 1.74. The molecule has 0 aliphatic carbocycles. The summed E-state index contributed by atoms with van der Waals surface area (Å²) in [6, 6.07) is 9.15. The van der Waals surface area contributed by atoms with E-state index in [2.05, 4.69) is 10.6 Å². The lowest BCUT2D eigenvalue weighted by Crippen LogP contribution is -2.28. The van der Waals surface area contributed by atoms with Crippen molar-refractivity contribution < 1.29 is 18.8 Å². The lowest BCUT2D eigenvalue weighted by atomic mass is 10.1. The van der Waals surface area contributed by atoms with Crippen LogP contribution in [0.3, 0.4) is 0 Å². The molecule has 146 valence electrons. The molecule has 1 fully saturated rings. The van der Waals surface area contributed by atoms with Crippen LogP contribution >= 0.6 is 11.6 Å². The smallest absolute Gasteiger partial charge is 0.252 e. The van der Waals surface area contributed by atoms with E-state index in [9.17, 15) is 18.8 Å². The predicted octanol–water partition coefficient (Wildman–Crippen LogP) is 3.14. The molecule has 0 radical (unpaired) electrons. The van der Waals surface area contributed by atoms with Gasteiger partial charge in [0.15, 0.2) is 0 Å². The first-order valence-corrected chi connectivity index (χ1v) is 9.07. The van der Waals surface area contributed by atoms with E-state index in [-0.39, 0.29) is 47.0 Å². The zero-order valence-corrected chi connectivity index (χ0v) is 16.1. The van der Waals surface area contributed by atoms with Crippen LogP contribution in [-0.2, 0) is 9.59 Å². The number of carbonyl (C=O) groups excluding carboxylic acids is 3. The third-order valence-electron chi connectivity index (χ3n) is 4.60. The van der Waals surface area contributed by atoms with Crippen LogP contribution in [0.5, 0.6) is 0 Å². The van der Waals surface area contributed by atoms with Gasteiger partial charge in [-0.1, -0.05) is 17.7 Å². The highest BCUT2D eigenvalue weighted by Gasteiger charge is 2.36. The molecule has 8 heteroatoms. The molecule has 0 saturated carbocycles. The molecular weight excluding hydrogens is 385 g/mol. The lowest BCUT2D eigenvalue weighted by molar-refractivity contribution is -0.122. The number of nitrogens with zero attached hydrogens (tertiary/aromatic N) is 1. The van der Waals surface area contributed by atoms with Crippen molar-refractivity contribution in [3.05, 3.63) is 58.4 Å². The van der Waals surface area contributed by atoms with Gasteiger partial charge in [-0.15, -0.1) is 0 Å². The molecule has 3 amide bonds. The number of anilines is 2. The Morgan fingerprint density at radius 2 is 1.96 bits per heavy atom. The van der Waals surface area contributed by atoms with Crippen LogP contribution in [0.4, 0.5) is 15.8 Å². The number of amides is 3. The van der Waals surface area contributed by atoms with Crippen LogP contribution in [-0.4, -0.2) is 31.3 Å². The molecule has 1 aliphatic heterocycles. The Morgan fingerprint density at radius 3 is 2.64 bits per heavy atom. The number of rotatable bonds is 4. The molecule has 1 heterocycles. The fourth-order valence-corrected chi connectivity index (χ4v) is 3.31. The van der Waals surface area contributed by atoms with Crippen molar-refractivity contribution in [2.45, 2.75) is 13.3 Å². The quantitative estimate of drug-likeness (QED) is 0.823. The van der Waals surface area contributed by atoms with E-state index in [4.69, 9.17) is 11.6 Å². The number of hydrogen-bond donors (Lipinski definition) is 2. The number of nitrogens with one attached hydrogen (secondary N) is 2. The lowest BCUT2D eigenvalue weighted by Gasteiger charge is -2.18. The van der Waals surface area contributed by atoms with Crippen molar-refractivity contribution in [2.24, 2.45) is 5.92 Å². The van der Waals surface area contributed by atoms with Crippen molar-refractivity contribution in [3.8, 4) is 0 Å². The summed E-state index contributed by atoms with van der Waals surface area (Å²) in [4.78, 5) is 38.0. The third kappa shape index (κ3) is 3.99. The van der Waals surface area contributed by atoms with E-state index in [1.165, 1.54) is 36.2 Å². The Kier molecular flexibility index (Phi) is 5.65. The molecule has 1 atom stereocenters. The highest BCUT2D eigenvalue weighted by Crippen LogP contribution is 2.29. The van der Waals surface area contributed by atoms with Crippen molar-refractivity contribution in [3.63, 3.8) is 0 Å². The number of hydrogen-bond acceptors (Lipinski definition) is 3. The molecule has 2 aromatic carbocycles. The van der Waals surface area contributed by atoms with E-state index in [1.807, 2.05) is 0 Å². The van der Waals surface area contributed by atoms with Gasteiger partial charge in [-0.3, -0.25) is 14.4 Å². The molecule has 6 nitrogen and oxygen atoms in total. The number of benzene rings is 2. The number of aryl methyl sites for hydroxylation is 1. The minimum Gasteiger partial charge on any atom is -0.355 e. The van der Waals surface area contributed by atoms with Crippen LogP contribution in [0.2, 0.25) is 5.02 Å². The van der Waals surface area contributed by atoms with Gasteiger partial charge in [-0.25, -0.2) is 4.39 Å². The second-order valence-corrected chi connectivity index (χ2v) is 7.03. The monoisotopic (exact) mass is 403 g/mol. The summed E-state index contributed by atoms with van der Waals surface area (Å²) < 4.78 is 14.2. The van der Waals surface area contributed by atoms with E-state index in [0.29, 0.717) is 5.69 Å². The summed E-state index contributed by atoms with van der Waals surface area (Å²) >= 11 is 6.01. The maximum Gasteiger partial charge on any atom is 0.252 e. The van der Waals surface area contributed by atoms with Crippen LogP contribution in [0.1, 0.15) is 22.3 Å². The summed E-state index contributed by atoms with van der Waals surface area (Å²) in [5.74, 6) is -2.20. The maximum absolute atomic E-state index is 14.2. The summed E-state index contributed by atoms with van der Waals surface area (Å²) in [5.41, 5.74) is 1.53. The molecule has 1 aliphatic rings. The predicted molar refractivity (Wildman–Crippen MR) is 105 cm³/mol. The zero-order chi connectivity index (χ0) is 20.4. The minimum atomic E-state index is -0.632. The molecule has 0 spiro atoms. The fraction of sp³-hybridized carbons (Fsp3) is 0.250. The molecule has 1 saturated heterocycles. The standard InChI is InChI=1S/C20H19ClFN3O3/c1-11-3-6-17(16(22)7-11)25-10-12(8-18(25)26)19(27)24-13-4-5-15(21)14(9-13)20(28)23-2/h3-7,9,12H,8,10H2,1-2H3,(H,23,28)(H,24,27). The Bertz CT molecular complexity index is 964. The molecule has 2 N–H and O–H groups in total. The molecule has 2 aromatic rings. The van der Waals surface area contributed by atoms with E-state index in [1.54, 1.807) is 19.1 Å². The van der Waals surface area contributed by atoms with Gasteiger partial charge < -0.3 is 15.5 Å². The van der Waals surface area contributed by atoms with Gasteiger partial charge in [0.05, 0.1) is 22.2 Å². The van der Waals surface area contributed by atoms with Crippen LogP contribution in [0.25, 0.3) is 0 Å². The second kappa shape index (κ2) is 7.98. The SMILES string of the molecule is CNC(=O)c1cc(NC(=O)C2CC(=O)N(c3ccc(C)cc3F)C2)ccc1Cl. The molecular formula is C20H19ClFN3O3. The Hall–Kier alpha value is -2.93. The number of halogens is 2. The molecule has 1 unspecified atom stereocenters. The van der Waals surface area contributed by atoms with E-state index >= 15 is 0 Å². The first-order chi connectivity index (χ1) is 13.3. The van der Waals surface area contributed by atoms with Gasteiger partial charge in [0.2, 0.25) is 11.8 Å². The van der Waals surface area contributed by atoms with Crippen molar-refractivity contribution in [1.82, 2.24) is 5.32 Å². The van der Waals surface area contributed by atoms with Gasteiger partial charge in [0.1, 0.15) is 5.82 Å². The van der Waals surface area contributed by atoms with Gasteiger partial charge in [0.25, 0.3) is 5.91 Å². The van der Waals surface area contributed by atoms with Gasteiger partial charge in [0, 0.05) is 25.7 Å². The summed E-state index contributed by atoms with van der Waals surface area (Å²) in [6.45, 7) is 1.84. The fourth-order valence-electron chi connectivity index (χ4n) is 3.10. The second-order valence-electron chi connectivity index (χ2n) is 6.62. The van der Waals surface area contributed by atoms with Crippen LogP contribution in [0, 0.1) is 18.7 Å². The van der Waals surface area contributed by atoms with Crippen LogP contribution in [0.15, 0.2) is 36.4 Å². The highest BCUT2D eigenvalue weighted by molar-refractivity contribution is 6.34. The molecule has 0 bridgehead atoms. The van der Waals surface area contributed by atoms with Gasteiger partial charge in [-0.05, 0) is 42.8 Å².